The number of nitrogens with one attached hydrogen (secondary N) is 1. The first-order chi connectivity index (χ1) is 10.5. The molecule has 0 atom stereocenters. The van der Waals surface area contributed by atoms with E-state index in [0.717, 1.165) is 17.7 Å². The number of carbonyl (C=O) groups is 2. The Labute approximate surface area is 132 Å². The molecule has 1 N–H and O–H groups in total. The Bertz CT molecular complexity index is 683. The number of ether oxygens (including phenoxy) is 1. The molecular weight excluding hydrogens is 304 g/mol. The second-order valence-electron chi connectivity index (χ2n) is 4.85. The summed E-state index contributed by atoms with van der Waals surface area (Å²) in [6.07, 6.45) is 1.80. The van der Waals surface area contributed by atoms with E-state index in [4.69, 9.17) is 9.26 Å². The molecule has 1 amide bonds. The number of hydrogen-bond donors (Lipinski definition) is 1. The monoisotopic (exact) mass is 322 g/mol. The number of hydrogen-bond acceptors (Lipinski definition) is 6. The fourth-order valence-corrected chi connectivity index (χ4v) is 3.28. The van der Waals surface area contributed by atoms with Crippen LogP contribution in [0, 0.1) is 13.8 Å². The van der Waals surface area contributed by atoms with E-state index in [1.807, 2.05) is 0 Å². The number of carbonyl (C=O) groups excluding carboxylic acids is 2. The first-order valence-corrected chi connectivity index (χ1v) is 7.74. The Kier molecular flexibility index (Phi) is 4.97. The van der Waals surface area contributed by atoms with Crippen LogP contribution in [0.25, 0.3) is 0 Å². The lowest BCUT2D eigenvalue weighted by Crippen LogP contribution is -2.15. The summed E-state index contributed by atoms with van der Waals surface area (Å²) in [6, 6.07) is 1.77. The first kappa shape index (κ1) is 16.2. The molecule has 0 fully saturated rings. The summed E-state index contributed by atoms with van der Waals surface area (Å²) in [5.74, 6) is -0.362. The van der Waals surface area contributed by atoms with Crippen molar-refractivity contribution in [3.63, 3.8) is 0 Å². The van der Waals surface area contributed by atoms with Gasteiger partial charge in [-0.3, -0.25) is 4.79 Å². The average Bonchev–Trinajstić information content (AvgIpc) is 3.02. The van der Waals surface area contributed by atoms with Crippen molar-refractivity contribution in [3.05, 3.63) is 33.5 Å². The molecule has 0 saturated heterocycles. The minimum absolute atomic E-state index is 0.341. The number of nitrogens with zero attached hydrogens (tertiary/aromatic N) is 1. The van der Waals surface area contributed by atoms with E-state index in [0.29, 0.717) is 27.6 Å². The third kappa shape index (κ3) is 3.19. The molecule has 2 aromatic heterocycles. The smallest absolute Gasteiger partial charge is 0.340 e. The number of anilines is 1. The Balaban J connectivity index is 2.32. The highest BCUT2D eigenvalue weighted by Crippen LogP contribution is 2.30. The first-order valence-electron chi connectivity index (χ1n) is 6.93. The highest BCUT2D eigenvalue weighted by atomic mass is 32.1. The van der Waals surface area contributed by atoms with Gasteiger partial charge in [-0.1, -0.05) is 18.5 Å². The summed E-state index contributed by atoms with van der Waals surface area (Å²) in [5.41, 5.74) is 1.28. The maximum Gasteiger partial charge on any atom is 0.340 e. The molecule has 2 aromatic rings. The van der Waals surface area contributed by atoms with Crippen LogP contribution in [0.5, 0.6) is 0 Å². The third-order valence-corrected chi connectivity index (χ3v) is 4.28. The van der Waals surface area contributed by atoms with Gasteiger partial charge >= 0.3 is 5.97 Å². The second-order valence-corrected chi connectivity index (χ2v) is 5.99. The van der Waals surface area contributed by atoms with E-state index >= 15 is 0 Å². The van der Waals surface area contributed by atoms with Gasteiger partial charge in [0.05, 0.1) is 18.4 Å². The Hall–Kier alpha value is -2.15. The Morgan fingerprint density at radius 3 is 2.68 bits per heavy atom. The molecule has 2 heterocycles. The van der Waals surface area contributed by atoms with E-state index in [-0.39, 0.29) is 5.91 Å². The summed E-state index contributed by atoms with van der Waals surface area (Å²) in [7, 11) is 1.32. The number of aryl methyl sites for hydroxylation is 3. The molecule has 0 aliphatic heterocycles. The van der Waals surface area contributed by atoms with E-state index < -0.39 is 5.97 Å². The molecule has 6 nitrogen and oxygen atoms in total. The number of methoxy groups -OCH3 is 1. The topological polar surface area (TPSA) is 81.4 Å². The predicted molar refractivity (Wildman–Crippen MR) is 83.6 cm³/mol. The molecule has 118 valence electrons. The zero-order valence-electron chi connectivity index (χ0n) is 13.0. The van der Waals surface area contributed by atoms with Gasteiger partial charge in [-0.15, -0.1) is 11.3 Å². The van der Waals surface area contributed by atoms with Crippen LogP contribution in [0.1, 0.15) is 50.4 Å². The van der Waals surface area contributed by atoms with Crippen molar-refractivity contribution in [2.24, 2.45) is 0 Å². The number of thiophene rings is 1. The molecule has 0 saturated carbocycles. The third-order valence-electron chi connectivity index (χ3n) is 3.17. The van der Waals surface area contributed by atoms with E-state index in [1.54, 1.807) is 19.9 Å². The minimum Gasteiger partial charge on any atom is -0.465 e. The molecule has 0 bridgehead atoms. The summed E-state index contributed by atoms with van der Waals surface area (Å²) >= 11 is 1.38. The molecule has 0 aromatic carbocycles. The van der Waals surface area contributed by atoms with Crippen molar-refractivity contribution in [2.75, 3.05) is 12.4 Å². The lowest BCUT2D eigenvalue weighted by atomic mass is 10.2. The maximum absolute atomic E-state index is 12.4. The highest BCUT2D eigenvalue weighted by Gasteiger charge is 2.22. The average molecular weight is 322 g/mol. The molecule has 0 spiro atoms. The zero-order chi connectivity index (χ0) is 16.3. The van der Waals surface area contributed by atoms with Crippen LogP contribution >= 0.6 is 11.3 Å². The van der Waals surface area contributed by atoms with Crippen LogP contribution in [0.3, 0.4) is 0 Å². The van der Waals surface area contributed by atoms with Crippen LogP contribution in [0.4, 0.5) is 5.00 Å². The molecule has 22 heavy (non-hydrogen) atoms. The van der Waals surface area contributed by atoms with Gasteiger partial charge in [0.25, 0.3) is 5.91 Å². The minimum atomic E-state index is -0.465. The van der Waals surface area contributed by atoms with Crippen molar-refractivity contribution >= 4 is 28.2 Å². The molecule has 0 unspecified atom stereocenters. The molecule has 0 radical (unpaired) electrons. The van der Waals surface area contributed by atoms with Crippen LogP contribution in [-0.4, -0.2) is 24.1 Å². The summed E-state index contributed by atoms with van der Waals surface area (Å²) in [6.45, 7) is 5.43. The summed E-state index contributed by atoms with van der Waals surface area (Å²) in [4.78, 5) is 25.3. The second kappa shape index (κ2) is 6.74. The lowest BCUT2D eigenvalue weighted by molar-refractivity contribution is 0.0602. The molecule has 2 rings (SSSR count). The van der Waals surface area contributed by atoms with Gasteiger partial charge in [-0.05, 0) is 26.3 Å². The lowest BCUT2D eigenvalue weighted by Gasteiger charge is -2.04. The SMILES string of the molecule is CCCc1cc(C(=O)OC)c(NC(=O)c2c(C)noc2C)s1. The normalized spacial score (nSPS) is 10.5. The number of aromatic nitrogens is 1. The van der Waals surface area contributed by atoms with Crippen molar-refractivity contribution < 1.29 is 18.8 Å². The van der Waals surface area contributed by atoms with Crippen LogP contribution in [0.15, 0.2) is 10.6 Å². The van der Waals surface area contributed by atoms with E-state index in [2.05, 4.69) is 17.4 Å². The Morgan fingerprint density at radius 1 is 1.41 bits per heavy atom. The van der Waals surface area contributed by atoms with Crippen molar-refractivity contribution in [2.45, 2.75) is 33.6 Å². The van der Waals surface area contributed by atoms with Gasteiger partial charge in [-0.25, -0.2) is 4.79 Å². The number of amides is 1. The molecule has 7 heteroatoms. The van der Waals surface area contributed by atoms with Gasteiger partial charge in [0.2, 0.25) is 0 Å². The van der Waals surface area contributed by atoms with Gasteiger partial charge in [0.1, 0.15) is 16.3 Å². The molecule has 0 aliphatic carbocycles. The van der Waals surface area contributed by atoms with Crippen LogP contribution in [0.2, 0.25) is 0 Å². The van der Waals surface area contributed by atoms with Crippen molar-refractivity contribution in [1.82, 2.24) is 5.16 Å². The van der Waals surface area contributed by atoms with E-state index in [9.17, 15) is 9.59 Å². The van der Waals surface area contributed by atoms with Crippen molar-refractivity contribution in [1.29, 1.82) is 0 Å². The highest BCUT2D eigenvalue weighted by molar-refractivity contribution is 7.16. The standard InChI is InChI=1S/C15H18N2O4S/c1-5-6-10-7-11(15(19)20-4)14(22-10)16-13(18)12-8(2)17-21-9(12)3/h7H,5-6H2,1-4H3,(H,16,18). The van der Waals surface area contributed by atoms with Crippen molar-refractivity contribution in [3.8, 4) is 0 Å². The summed E-state index contributed by atoms with van der Waals surface area (Å²) in [5, 5.41) is 7.02. The maximum atomic E-state index is 12.4. The number of esters is 1. The number of rotatable bonds is 5. The molecule has 0 aliphatic rings. The zero-order valence-corrected chi connectivity index (χ0v) is 13.8. The quantitative estimate of drug-likeness (QED) is 0.854. The van der Waals surface area contributed by atoms with Gasteiger partial charge < -0.3 is 14.6 Å². The van der Waals surface area contributed by atoms with Crippen LogP contribution in [-0.2, 0) is 11.2 Å². The molecular formula is C15H18N2O4S. The fourth-order valence-electron chi connectivity index (χ4n) is 2.14. The van der Waals surface area contributed by atoms with Gasteiger partial charge in [0.15, 0.2) is 0 Å². The van der Waals surface area contributed by atoms with Gasteiger partial charge in [0, 0.05) is 4.88 Å². The summed E-state index contributed by atoms with van der Waals surface area (Å²) < 4.78 is 9.77. The van der Waals surface area contributed by atoms with Crippen LogP contribution < -0.4 is 5.32 Å². The van der Waals surface area contributed by atoms with E-state index in [1.165, 1.54) is 18.4 Å². The predicted octanol–water partition coefficient (Wildman–Crippen LogP) is 3.34. The Morgan fingerprint density at radius 2 is 2.14 bits per heavy atom. The van der Waals surface area contributed by atoms with Gasteiger partial charge in [-0.2, -0.15) is 0 Å². The fraction of sp³-hybridized carbons (Fsp3) is 0.400. The largest absolute Gasteiger partial charge is 0.465 e.